The second-order valence-electron chi connectivity index (χ2n) is 4.33. The van der Waals surface area contributed by atoms with Gasteiger partial charge >= 0.3 is 5.97 Å². The van der Waals surface area contributed by atoms with Crippen molar-refractivity contribution in [1.29, 1.82) is 0 Å². The number of benzene rings is 1. The van der Waals surface area contributed by atoms with E-state index in [0.29, 0.717) is 5.76 Å². The van der Waals surface area contributed by atoms with Crippen molar-refractivity contribution in [3.8, 4) is 0 Å². The summed E-state index contributed by atoms with van der Waals surface area (Å²) in [6.45, 7) is 0.0742. The molecule has 7 heteroatoms. The van der Waals surface area contributed by atoms with Crippen LogP contribution in [0.2, 0.25) is 0 Å². The molecule has 0 N–H and O–H groups in total. The van der Waals surface area contributed by atoms with Crippen LogP contribution in [0.4, 0.5) is 0 Å². The zero-order valence-electron chi connectivity index (χ0n) is 11.6. The Kier molecular flexibility index (Phi) is 4.44. The van der Waals surface area contributed by atoms with E-state index in [1.165, 1.54) is 32.6 Å². The predicted molar refractivity (Wildman–Crippen MR) is 75.1 cm³/mol. The van der Waals surface area contributed by atoms with Crippen molar-refractivity contribution in [2.75, 3.05) is 14.2 Å². The Morgan fingerprint density at radius 3 is 2.57 bits per heavy atom. The fraction of sp³-hybridized carbons (Fsp3) is 0.214. The van der Waals surface area contributed by atoms with Crippen molar-refractivity contribution >= 4 is 16.0 Å². The van der Waals surface area contributed by atoms with E-state index in [0.717, 1.165) is 4.31 Å². The molecule has 1 heterocycles. The third-order valence-corrected chi connectivity index (χ3v) is 4.80. The Labute approximate surface area is 123 Å². The van der Waals surface area contributed by atoms with Gasteiger partial charge in [-0.25, -0.2) is 13.2 Å². The van der Waals surface area contributed by atoms with E-state index in [1.807, 2.05) is 0 Å². The molecule has 2 aromatic rings. The van der Waals surface area contributed by atoms with Crippen molar-refractivity contribution in [3.63, 3.8) is 0 Å². The third kappa shape index (κ3) is 3.14. The number of hydrogen-bond donors (Lipinski definition) is 0. The van der Waals surface area contributed by atoms with Gasteiger partial charge in [-0.05, 0) is 24.3 Å². The Balaban J connectivity index is 2.37. The van der Waals surface area contributed by atoms with Gasteiger partial charge in [-0.15, -0.1) is 0 Å². The number of nitrogens with zero attached hydrogens (tertiary/aromatic N) is 1. The second-order valence-corrected chi connectivity index (χ2v) is 6.34. The van der Waals surface area contributed by atoms with Gasteiger partial charge in [-0.2, -0.15) is 4.31 Å². The molecule has 2 rings (SSSR count). The summed E-state index contributed by atoms with van der Waals surface area (Å²) in [6, 6.07) is 9.29. The van der Waals surface area contributed by atoms with E-state index in [2.05, 4.69) is 4.74 Å². The highest BCUT2D eigenvalue weighted by Gasteiger charge is 2.27. The summed E-state index contributed by atoms with van der Waals surface area (Å²) in [7, 11) is -1.20. The maximum Gasteiger partial charge on any atom is 0.339 e. The molecule has 0 fully saturated rings. The van der Waals surface area contributed by atoms with Crippen LogP contribution in [-0.2, 0) is 21.3 Å². The Morgan fingerprint density at radius 1 is 1.24 bits per heavy atom. The molecule has 1 aromatic heterocycles. The first kappa shape index (κ1) is 15.3. The van der Waals surface area contributed by atoms with Gasteiger partial charge in [-0.3, -0.25) is 0 Å². The molecule has 0 unspecified atom stereocenters. The van der Waals surface area contributed by atoms with E-state index in [9.17, 15) is 13.2 Å². The van der Waals surface area contributed by atoms with E-state index >= 15 is 0 Å². The molecule has 112 valence electrons. The number of carbonyl (C=O) groups excluding carboxylic acids is 1. The lowest BCUT2D eigenvalue weighted by molar-refractivity contribution is 0.0596. The van der Waals surface area contributed by atoms with E-state index in [4.69, 9.17) is 4.42 Å². The number of esters is 1. The molecular formula is C14H15NO5S. The van der Waals surface area contributed by atoms with Crippen molar-refractivity contribution in [2.45, 2.75) is 11.4 Å². The standard InChI is InChI=1S/C14H15NO5S/c1-15(10-11-6-5-9-20-11)21(17,18)13-8-4-3-7-12(13)14(16)19-2/h3-9H,10H2,1-2H3. The number of methoxy groups -OCH3 is 1. The molecule has 6 nitrogen and oxygen atoms in total. The third-order valence-electron chi connectivity index (χ3n) is 2.94. The first-order valence-electron chi connectivity index (χ1n) is 6.13. The number of furan rings is 1. The van der Waals surface area contributed by atoms with Crippen molar-refractivity contribution in [3.05, 3.63) is 54.0 Å². The first-order chi connectivity index (χ1) is 9.96. The van der Waals surface area contributed by atoms with Gasteiger partial charge in [0, 0.05) is 7.05 Å². The van der Waals surface area contributed by atoms with Crippen molar-refractivity contribution in [1.82, 2.24) is 4.31 Å². The zero-order valence-corrected chi connectivity index (χ0v) is 12.5. The van der Waals surface area contributed by atoms with Crippen LogP contribution in [0.1, 0.15) is 16.1 Å². The van der Waals surface area contributed by atoms with E-state index in [-0.39, 0.29) is 17.0 Å². The fourth-order valence-corrected chi connectivity index (χ4v) is 3.16. The summed E-state index contributed by atoms with van der Waals surface area (Å²) < 4.78 is 36.0. The minimum atomic E-state index is -3.83. The lowest BCUT2D eigenvalue weighted by Gasteiger charge is -2.17. The molecule has 1 aromatic carbocycles. The minimum absolute atomic E-state index is 0.00583. The zero-order chi connectivity index (χ0) is 15.5. The molecule has 0 aliphatic heterocycles. The molecule has 0 saturated heterocycles. The molecular weight excluding hydrogens is 294 g/mol. The Hall–Kier alpha value is -2.12. The highest BCUT2D eigenvalue weighted by atomic mass is 32.2. The molecule has 0 bridgehead atoms. The fourth-order valence-electron chi connectivity index (χ4n) is 1.85. The molecule has 0 spiro atoms. The SMILES string of the molecule is COC(=O)c1ccccc1S(=O)(=O)N(C)Cc1ccco1. The van der Waals surface area contributed by atoms with Crippen LogP contribution in [0, 0.1) is 0 Å². The number of ether oxygens (including phenoxy) is 1. The monoisotopic (exact) mass is 309 g/mol. The van der Waals surface area contributed by atoms with Gasteiger partial charge in [0.25, 0.3) is 0 Å². The van der Waals surface area contributed by atoms with Gasteiger partial charge in [0.2, 0.25) is 10.0 Å². The highest BCUT2D eigenvalue weighted by Crippen LogP contribution is 2.21. The lowest BCUT2D eigenvalue weighted by atomic mass is 10.2. The lowest BCUT2D eigenvalue weighted by Crippen LogP contribution is -2.28. The Morgan fingerprint density at radius 2 is 1.95 bits per heavy atom. The number of hydrogen-bond acceptors (Lipinski definition) is 5. The second kappa shape index (κ2) is 6.11. The number of rotatable bonds is 5. The van der Waals surface area contributed by atoms with Gasteiger partial charge in [-0.1, -0.05) is 12.1 Å². The van der Waals surface area contributed by atoms with E-state index in [1.54, 1.807) is 24.3 Å². The van der Waals surface area contributed by atoms with Crippen LogP contribution in [0.5, 0.6) is 0 Å². The highest BCUT2D eigenvalue weighted by molar-refractivity contribution is 7.89. The van der Waals surface area contributed by atoms with Crippen LogP contribution >= 0.6 is 0 Å². The average Bonchev–Trinajstić information content (AvgIpc) is 2.99. The molecule has 0 saturated carbocycles. The molecule has 0 radical (unpaired) electrons. The maximum absolute atomic E-state index is 12.6. The minimum Gasteiger partial charge on any atom is -0.468 e. The largest absolute Gasteiger partial charge is 0.468 e. The Bertz CT molecular complexity index is 722. The van der Waals surface area contributed by atoms with Crippen LogP contribution in [0.25, 0.3) is 0 Å². The van der Waals surface area contributed by atoms with Crippen LogP contribution in [-0.4, -0.2) is 32.8 Å². The molecule has 21 heavy (non-hydrogen) atoms. The van der Waals surface area contributed by atoms with Gasteiger partial charge in [0.15, 0.2) is 0 Å². The van der Waals surface area contributed by atoms with Crippen LogP contribution < -0.4 is 0 Å². The summed E-state index contributed by atoms with van der Waals surface area (Å²) in [5.74, 6) is -0.183. The predicted octanol–water partition coefficient (Wildman–Crippen LogP) is 1.89. The number of carbonyl (C=O) groups is 1. The van der Waals surface area contributed by atoms with Crippen LogP contribution in [0.15, 0.2) is 52.0 Å². The molecule has 0 aliphatic carbocycles. The summed E-state index contributed by atoms with van der Waals surface area (Å²) in [6.07, 6.45) is 1.47. The van der Waals surface area contributed by atoms with Crippen molar-refractivity contribution < 1.29 is 22.4 Å². The summed E-state index contributed by atoms with van der Waals surface area (Å²) in [5.41, 5.74) is 0.00583. The van der Waals surface area contributed by atoms with Gasteiger partial charge in [0.1, 0.15) is 5.76 Å². The first-order valence-corrected chi connectivity index (χ1v) is 7.57. The topological polar surface area (TPSA) is 76.8 Å². The molecule has 0 atom stereocenters. The maximum atomic E-state index is 12.6. The normalized spacial score (nSPS) is 11.6. The van der Waals surface area contributed by atoms with E-state index < -0.39 is 16.0 Å². The number of sulfonamides is 1. The van der Waals surface area contributed by atoms with Gasteiger partial charge < -0.3 is 9.15 Å². The molecule has 0 aliphatic rings. The smallest absolute Gasteiger partial charge is 0.339 e. The summed E-state index contributed by atoms with van der Waals surface area (Å²) >= 11 is 0. The summed E-state index contributed by atoms with van der Waals surface area (Å²) in [4.78, 5) is 11.6. The van der Waals surface area contributed by atoms with Gasteiger partial charge in [0.05, 0.1) is 30.4 Å². The van der Waals surface area contributed by atoms with Crippen LogP contribution in [0.3, 0.4) is 0 Å². The average molecular weight is 309 g/mol. The molecule has 0 amide bonds. The van der Waals surface area contributed by atoms with Crippen molar-refractivity contribution in [2.24, 2.45) is 0 Å². The summed E-state index contributed by atoms with van der Waals surface area (Å²) in [5, 5.41) is 0. The quantitative estimate of drug-likeness (QED) is 0.788.